The van der Waals surface area contributed by atoms with Crippen molar-refractivity contribution in [2.24, 2.45) is 12.8 Å². The number of aromatic nitrogens is 3. The van der Waals surface area contributed by atoms with Gasteiger partial charge >= 0.3 is 0 Å². The molecule has 0 aromatic carbocycles. The van der Waals surface area contributed by atoms with Crippen LogP contribution >= 0.6 is 0 Å². The van der Waals surface area contributed by atoms with Crippen LogP contribution in [0.1, 0.15) is 18.7 Å². The van der Waals surface area contributed by atoms with E-state index in [1.165, 1.54) is 0 Å². The van der Waals surface area contributed by atoms with Crippen molar-refractivity contribution in [1.29, 1.82) is 0 Å². The molecule has 0 aliphatic carbocycles. The van der Waals surface area contributed by atoms with Crippen LogP contribution in [0.3, 0.4) is 0 Å². The number of nitrogens with one attached hydrogen (secondary N) is 1. The zero-order valence-corrected chi connectivity index (χ0v) is 10.7. The van der Waals surface area contributed by atoms with Crippen molar-refractivity contribution in [2.45, 2.75) is 25.4 Å². The maximum atomic E-state index is 11.2. The Kier molecular flexibility index (Phi) is 4.27. The predicted octanol–water partition coefficient (Wildman–Crippen LogP) is -1.15. The van der Waals surface area contributed by atoms with Crippen molar-refractivity contribution in [3.8, 4) is 0 Å². The molecule has 2 rings (SSSR count). The van der Waals surface area contributed by atoms with Crippen molar-refractivity contribution in [2.75, 3.05) is 19.6 Å². The molecule has 0 saturated carbocycles. The third kappa shape index (κ3) is 3.27. The molecular weight excluding hydrogens is 232 g/mol. The molecule has 18 heavy (non-hydrogen) atoms. The highest BCUT2D eigenvalue weighted by atomic mass is 16.1. The van der Waals surface area contributed by atoms with Gasteiger partial charge < -0.3 is 15.6 Å². The number of aryl methyl sites for hydroxylation is 1. The number of carbonyl (C=O) groups excluding carboxylic acids is 1. The lowest BCUT2D eigenvalue weighted by atomic mass is 10.0. The Morgan fingerprint density at radius 1 is 1.61 bits per heavy atom. The van der Waals surface area contributed by atoms with Gasteiger partial charge in [0.15, 0.2) is 0 Å². The molecule has 3 N–H and O–H groups in total. The maximum Gasteiger partial charge on any atom is 0.231 e. The summed E-state index contributed by atoms with van der Waals surface area (Å²) < 4.78 is 1.87. The van der Waals surface area contributed by atoms with E-state index in [4.69, 9.17) is 5.73 Å². The van der Waals surface area contributed by atoms with Gasteiger partial charge in [-0.3, -0.25) is 9.69 Å². The molecule has 0 radical (unpaired) electrons. The quantitative estimate of drug-likeness (QED) is 0.691. The molecule has 1 aromatic heterocycles. The number of hydrogen-bond acceptors (Lipinski definition) is 5. The van der Waals surface area contributed by atoms with Gasteiger partial charge in [-0.15, -0.1) is 10.2 Å². The van der Waals surface area contributed by atoms with Crippen LogP contribution in [-0.4, -0.2) is 51.2 Å². The fourth-order valence-corrected chi connectivity index (χ4v) is 2.32. The molecule has 0 bridgehead atoms. The van der Waals surface area contributed by atoms with E-state index in [1.54, 1.807) is 6.33 Å². The first-order valence-corrected chi connectivity index (χ1v) is 6.22. The molecule has 1 aliphatic rings. The van der Waals surface area contributed by atoms with Gasteiger partial charge in [0.25, 0.3) is 0 Å². The molecular formula is C11H20N6O. The average molecular weight is 252 g/mol. The molecule has 1 aliphatic heterocycles. The van der Waals surface area contributed by atoms with E-state index in [2.05, 4.69) is 20.4 Å². The number of nitrogens with zero attached hydrogens (tertiary/aromatic N) is 4. The smallest absolute Gasteiger partial charge is 0.231 e. The second kappa shape index (κ2) is 5.92. The Hall–Kier alpha value is -1.47. The Labute approximate surface area is 106 Å². The van der Waals surface area contributed by atoms with Crippen LogP contribution in [0.25, 0.3) is 0 Å². The summed E-state index contributed by atoms with van der Waals surface area (Å²) >= 11 is 0. The molecule has 7 nitrogen and oxygen atoms in total. The topological polar surface area (TPSA) is 89.1 Å². The molecule has 1 amide bonds. The summed E-state index contributed by atoms with van der Waals surface area (Å²) in [5.41, 5.74) is 5.33. The van der Waals surface area contributed by atoms with E-state index in [-0.39, 0.29) is 12.5 Å². The standard InChI is InChI=1S/C11H20N6O/c1-16-8-14-15-11(16)7-17(6-10(12)18)9-2-4-13-5-3-9/h8-9,13H,2-7H2,1H3,(H2,12,18). The van der Waals surface area contributed by atoms with Crippen LogP contribution in [-0.2, 0) is 18.4 Å². The monoisotopic (exact) mass is 252 g/mol. The van der Waals surface area contributed by atoms with E-state index in [9.17, 15) is 4.79 Å². The van der Waals surface area contributed by atoms with Gasteiger partial charge in [-0.05, 0) is 25.9 Å². The summed E-state index contributed by atoms with van der Waals surface area (Å²) in [6.45, 7) is 2.86. The lowest BCUT2D eigenvalue weighted by molar-refractivity contribution is -0.120. The average Bonchev–Trinajstić information content (AvgIpc) is 2.75. The van der Waals surface area contributed by atoms with Gasteiger partial charge in [0.2, 0.25) is 5.91 Å². The summed E-state index contributed by atoms with van der Waals surface area (Å²) in [7, 11) is 1.90. The summed E-state index contributed by atoms with van der Waals surface area (Å²) in [6, 6.07) is 0.385. The second-order valence-electron chi connectivity index (χ2n) is 4.71. The van der Waals surface area contributed by atoms with E-state index in [0.29, 0.717) is 12.6 Å². The minimum Gasteiger partial charge on any atom is -0.369 e. The predicted molar refractivity (Wildman–Crippen MR) is 66.5 cm³/mol. The fourth-order valence-electron chi connectivity index (χ4n) is 2.32. The van der Waals surface area contributed by atoms with Crippen LogP contribution in [0.5, 0.6) is 0 Å². The molecule has 100 valence electrons. The number of primary amides is 1. The first-order chi connectivity index (χ1) is 8.66. The minimum absolute atomic E-state index is 0.275. The molecule has 0 unspecified atom stereocenters. The number of amides is 1. The van der Waals surface area contributed by atoms with Crippen LogP contribution in [0.4, 0.5) is 0 Å². The van der Waals surface area contributed by atoms with Crippen molar-refractivity contribution < 1.29 is 4.79 Å². The highest BCUT2D eigenvalue weighted by Gasteiger charge is 2.23. The van der Waals surface area contributed by atoms with Gasteiger partial charge in [-0.1, -0.05) is 0 Å². The number of piperidine rings is 1. The zero-order valence-electron chi connectivity index (χ0n) is 10.7. The van der Waals surface area contributed by atoms with Crippen LogP contribution in [0, 0.1) is 0 Å². The molecule has 0 atom stereocenters. The van der Waals surface area contributed by atoms with Crippen molar-refractivity contribution in [1.82, 2.24) is 25.0 Å². The lowest BCUT2D eigenvalue weighted by Gasteiger charge is -2.33. The van der Waals surface area contributed by atoms with Crippen LogP contribution in [0.15, 0.2) is 6.33 Å². The molecule has 1 aromatic rings. The highest BCUT2D eigenvalue weighted by Crippen LogP contribution is 2.14. The summed E-state index contributed by atoms with van der Waals surface area (Å²) in [4.78, 5) is 13.3. The van der Waals surface area contributed by atoms with Crippen LogP contribution in [0.2, 0.25) is 0 Å². The fraction of sp³-hybridized carbons (Fsp3) is 0.727. The van der Waals surface area contributed by atoms with Crippen molar-refractivity contribution >= 4 is 5.91 Å². The summed E-state index contributed by atoms with van der Waals surface area (Å²) in [5, 5.41) is 11.2. The molecule has 1 fully saturated rings. The van der Waals surface area contributed by atoms with Crippen LogP contribution < -0.4 is 11.1 Å². The first kappa shape index (κ1) is 13.0. The highest BCUT2D eigenvalue weighted by molar-refractivity contribution is 5.75. The Morgan fingerprint density at radius 2 is 2.33 bits per heavy atom. The van der Waals surface area contributed by atoms with E-state index in [0.717, 1.165) is 31.8 Å². The molecule has 1 saturated heterocycles. The third-order valence-electron chi connectivity index (χ3n) is 3.33. The van der Waals surface area contributed by atoms with Gasteiger partial charge in [0.05, 0.1) is 13.1 Å². The van der Waals surface area contributed by atoms with Crippen molar-refractivity contribution in [3.05, 3.63) is 12.2 Å². The number of carbonyl (C=O) groups is 1. The van der Waals surface area contributed by atoms with Gasteiger partial charge in [-0.2, -0.15) is 0 Å². The van der Waals surface area contributed by atoms with Gasteiger partial charge in [0, 0.05) is 13.1 Å². The second-order valence-corrected chi connectivity index (χ2v) is 4.71. The maximum absolute atomic E-state index is 11.2. The Bertz CT molecular complexity index is 398. The lowest BCUT2D eigenvalue weighted by Crippen LogP contribution is -2.46. The number of rotatable bonds is 5. The minimum atomic E-state index is -0.296. The van der Waals surface area contributed by atoms with Gasteiger partial charge in [0.1, 0.15) is 12.2 Å². The van der Waals surface area contributed by atoms with Gasteiger partial charge in [-0.25, -0.2) is 0 Å². The largest absolute Gasteiger partial charge is 0.369 e. The number of nitrogens with two attached hydrogens (primary N) is 1. The number of hydrogen-bond donors (Lipinski definition) is 2. The first-order valence-electron chi connectivity index (χ1n) is 6.22. The Balaban J connectivity index is 2.04. The zero-order chi connectivity index (χ0) is 13.0. The van der Waals surface area contributed by atoms with E-state index in [1.807, 2.05) is 11.6 Å². The molecule has 2 heterocycles. The Morgan fingerprint density at radius 3 is 2.89 bits per heavy atom. The van der Waals surface area contributed by atoms with Crippen molar-refractivity contribution in [3.63, 3.8) is 0 Å². The van der Waals surface area contributed by atoms with E-state index < -0.39 is 0 Å². The normalized spacial score (nSPS) is 17.2. The molecule has 7 heteroatoms. The molecule has 0 spiro atoms. The summed E-state index contributed by atoms with van der Waals surface area (Å²) in [5.74, 6) is 0.561. The van der Waals surface area contributed by atoms with E-state index >= 15 is 0 Å². The SMILES string of the molecule is Cn1cnnc1CN(CC(N)=O)C1CCNCC1. The summed E-state index contributed by atoms with van der Waals surface area (Å²) in [6.07, 6.45) is 3.73. The third-order valence-corrected chi connectivity index (χ3v) is 3.33.